The molecule has 96 valence electrons. The zero-order valence-corrected chi connectivity index (χ0v) is 11.6. The van der Waals surface area contributed by atoms with Gasteiger partial charge < -0.3 is 15.0 Å². The number of rotatable bonds is 5. The smallest absolute Gasteiger partial charge is 0.0708 e. The van der Waals surface area contributed by atoms with E-state index in [-0.39, 0.29) is 6.61 Å². The largest absolute Gasteiger partial charge is 0.396 e. The van der Waals surface area contributed by atoms with E-state index in [0.29, 0.717) is 0 Å². The fourth-order valence-electron chi connectivity index (χ4n) is 1.87. The number of nitrogens with zero attached hydrogens (tertiary/aromatic N) is 1. The lowest BCUT2D eigenvalue weighted by molar-refractivity contribution is 0.271. The minimum absolute atomic E-state index is 0.204. The van der Waals surface area contributed by atoms with Gasteiger partial charge in [-0.15, -0.1) is 0 Å². The zero-order valence-electron chi connectivity index (χ0n) is 10.8. The number of H-pyrrole nitrogens is 1. The van der Waals surface area contributed by atoms with Crippen molar-refractivity contribution in [3.05, 3.63) is 21.3 Å². The number of aliphatic hydroxyl groups excluding tert-OH is 1. The Labute approximate surface area is 107 Å². The van der Waals surface area contributed by atoms with Crippen LogP contribution in [0.1, 0.15) is 26.0 Å². The molecule has 0 atom stereocenters. The van der Waals surface area contributed by atoms with Gasteiger partial charge in [-0.2, -0.15) is 0 Å². The molecule has 0 saturated heterocycles. The third-order valence-electron chi connectivity index (χ3n) is 3.03. The Hall–Kier alpha value is -0.930. The Morgan fingerprint density at radius 2 is 2.18 bits per heavy atom. The van der Waals surface area contributed by atoms with Crippen LogP contribution in [0.3, 0.4) is 0 Å². The minimum Gasteiger partial charge on any atom is -0.396 e. The van der Waals surface area contributed by atoms with Gasteiger partial charge in [0, 0.05) is 42.2 Å². The Bertz CT molecular complexity index is 478. The molecule has 0 fully saturated rings. The van der Waals surface area contributed by atoms with Crippen molar-refractivity contribution < 1.29 is 5.11 Å². The summed E-state index contributed by atoms with van der Waals surface area (Å²) < 4.78 is 0. The van der Waals surface area contributed by atoms with E-state index in [1.54, 1.807) is 0 Å². The number of aliphatic hydroxyl groups is 1. The van der Waals surface area contributed by atoms with Crippen molar-refractivity contribution in [2.75, 3.05) is 20.2 Å². The van der Waals surface area contributed by atoms with Crippen LogP contribution in [0.25, 0.3) is 12.3 Å². The molecule has 17 heavy (non-hydrogen) atoms. The number of aromatic amines is 1. The van der Waals surface area contributed by atoms with Crippen molar-refractivity contribution in [3.8, 4) is 0 Å². The van der Waals surface area contributed by atoms with Crippen LogP contribution in [0, 0.1) is 0 Å². The van der Waals surface area contributed by atoms with Crippen molar-refractivity contribution in [1.82, 2.24) is 9.88 Å². The van der Waals surface area contributed by atoms with E-state index in [4.69, 9.17) is 16.7 Å². The average Bonchev–Trinajstić information content (AvgIpc) is 2.60. The maximum atomic E-state index is 8.84. The fourth-order valence-corrected chi connectivity index (χ4v) is 2.30. The monoisotopic (exact) mass is 256 g/mol. The summed E-state index contributed by atoms with van der Waals surface area (Å²) in [5.41, 5.74) is 2.12. The Balaban J connectivity index is 3.20. The number of hydrogen-bond acceptors (Lipinski definition) is 2. The van der Waals surface area contributed by atoms with Gasteiger partial charge in [0.1, 0.15) is 0 Å². The first-order valence-corrected chi connectivity index (χ1v) is 6.28. The number of aryl methyl sites for hydroxylation is 1. The summed E-state index contributed by atoms with van der Waals surface area (Å²) in [6.07, 6.45) is 1.62. The molecule has 0 aromatic carbocycles. The standard InChI is InChI=1S/C13H21ClN2O/c1-5-11-13(14)12(9(2)15-11)10(3)16(4)7-6-8-17/h15,17H,2,5-8H2,1,3-4H3/b12-10-. The normalized spacial score (nSPS) is 12.8. The van der Waals surface area contributed by atoms with Crippen molar-refractivity contribution in [1.29, 1.82) is 0 Å². The van der Waals surface area contributed by atoms with E-state index in [0.717, 1.165) is 46.4 Å². The van der Waals surface area contributed by atoms with Crippen LogP contribution in [0.4, 0.5) is 0 Å². The molecule has 0 aliphatic rings. The lowest BCUT2D eigenvalue weighted by atomic mass is 10.2. The highest BCUT2D eigenvalue weighted by molar-refractivity contribution is 6.31. The van der Waals surface area contributed by atoms with Crippen molar-refractivity contribution >= 4 is 23.9 Å². The maximum absolute atomic E-state index is 8.84. The van der Waals surface area contributed by atoms with E-state index in [9.17, 15) is 0 Å². The van der Waals surface area contributed by atoms with Gasteiger partial charge in [0.2, 0.25) is 0 Å². The van der Waals surface area contributed by atoms with Crippen LogP contribution in [-0.2, 0) is 6.42 Å². The molecule has 0 saturated carbocycles. The minimum atomic E-state index is 0.204. The van der Waals surface area contributed by atoms with Gasteiger partial charge in [-0.25, -0.2) is 0 Å². The number of nitrogens with one attached hydrogen (secondary N) is 1. The zero-order chi connectivity index (χ0) is 13.0. The molecule has 0 unspecified atom stereocenters. The van der Waals surface area contributed by atoms with Crippen LogP contribution in [0.15, 0.2) is 0 Å². The van der Waals surface area contributed by atoms with E-state index in [1.807, 2.05) is 14.0 Å². The van der Waals surface area contributed by atoms with Gasteiger partial charge >= 0.3 is 0 Å². The van der Waals surface area contributed by atoms with Gasteiger partial charge in [0.15, 0.2) is 0 Å². The summed E-state index contributed by atoms with van der Waals surface area (Å²) >= 11 is 6.33. The molecule has 2 N–H and O–H groups in total. The highest BCUT2D eigenvalue weighted by atomic mass is 35.5. The maximum Gasteiger partial charge on any atom is 0.0708 e. The van der Waals surface area contributed by atoms with E-state index < -0.39 is 0 Å². The summed E-state index contributed by atoms with van der Waals surface area (Å²) in [4.78, 5) is 5.31. The molecule has 0 amide bonds. The quantitative estimate of drug-likeness (QED) is 0.828. The Morgan fingerprint density at radius 1 is 1.53 bits per heavy atom. The van der Waals surface area contributed by atoms with E-state index in [1.165, 1.54) is 0 Å². The first kappa shape index (κ1) is 14.1. The second-order valence-electron chi connectivity index (χ2n) is 4.21. The molecule has 1 heterocycles. The molecule has 0 aliphatic carbocycles. The van der Waals surface area contributed by atoms with Crippen molar-refractivity contribution in [3.63, 3.8) is 0 Å². The highest BCUT2D eigenvalue weighted by Gasteiger charge is 2.08. The third kappa shape index (κ3) is 3.05. The van der Waals surface area contributed by atoms with Gasteiger partial charge in [0.05, 0.1) is 5.02 Å². The average molecular weight is 257 g/mol. The summed E-state index contributed by atoms with van der Waals surface area (Å²) in [6.45, 7) is 9.10. The molecule has 1 rings (SSSR count). The van der Waals surface area contributed by atoms with Crippen molar-refractivity contribution in [2.45, 2.75) is 26.7 Å². The summed E-state index contributed by atoms with van der Waals surface area (Å²) in [6, 6.07) is 0. The Kier molecular flexibility index (Phi) is 5.09. The van der Waals surface area contributed by atoms with Gasteiger partial charge in [-0.1, -0.05) is 25.1 Å². The molecule has 0 spiro atoms. The Morgan fingerprint density at radius 3 is 2.65 bits per heavy atom. The predicted octanol–water partition coefficient (Wildman–Crippen LogP) is 1.08. The van der Waals surface area contributed by atoms with Crippen LogP contribution in [-0.4, -0.2) is 35.2 Å². The molecular formula is C13H21ClN2O. The van der Waals surface area contributed by atoms with Gasteiger partial charge in [-0.3, -0.25) is 0 Å². The predicted molar refractivity (Wildman–Crippen MR) is 73.4 cm³/mol. The van der Waals surface area contributed by atoms with E-state index >= 15 is 0 Å². The van der Waals surface area contributed by atoms with Crippen molar-refractivity contribution in [2.24, 2.45) is 0 Å². The number of halogens is 1. The number of aromatic nitrogens is 1. The molecule has 0 aliphatic heterocycles. The lowest BCUT2D eigenvalue weighted by Crippen LogP contribution is -2.31. The van der Waals surface area contributed by atoms with Gasteiger partial charge in [0.25, 0.3) is 0 Å². The summed E-state index contributed by atoms with van der Waals surface area (Å²) in [5.74, 6) is 0. The van der Waals surface area contributed by atoms with Crippen LogP contribution in [0.2, 0.25) is 5.02 Å². The molecule has 3 nitrogen and oxygen atoms in total. The third-order valence-corrected chi connectivity index (χ3v) is 3.44. The first-order valence-electron chi connectivity index (χ1n) is 5.91. The first-order chi connectivity index (χ1) is 8.02. The SMILES string of the molecule is C=c1[nH]c(CC)c(Cl)/c1=C(/C)N(C)CCCO. The topological polar surface area (TPSA) is 39.3 Å². The molecule has 0 bridgehead atoms. The van der Waals surface area contributed by atoms with Crippen LogP contribution in [0.5, 0.6) is 0 Å². The highest BCUT2D eigenvalue weighted by Crippen LogP contribution is 2.09. The molecule has 1 aromatic rings. The fraction of sp³-hybridized carbons (Fsp3) is 0.538. The summed E-state index contributed by atoms with van der Waals surface area (Å²) in [7, 11) is 2.00. The van der Waals surface area contributed by atoms with Crippen LogP contribution < -0.4 is 10.6 Å². The second-order valence-corrected chi connectivity index (χ2v) is 4.59. The molecule has 4 heteroatoms. The molecule has 1 aromatic heterocycles. The second kappa shape index (κ2) is 6.12. The molecular weight excluding hydrogens is 236 g/mol. The van der Waals surface area contributed by atoms with Gasteiger partial charge in [-0.05, 0) is 19.8 Å². The van der Waals surface area contributed by atoms with E-state index in [2.05, 4.69) is 23.4 Å². The lowest BCUT2D eigenvalue weighted by Gasteiger charge is -2.19. The summed E-state index contributed by atoms with van der Waals surface area (Å²) in [5, 5.41) is 11.5. The van der Waals surface area contributed by atoms with Crippen LogP contribution >= 0.6 is 11.6 Å². The number of hydrogen-bond donors (Lipinski definition) is 2. The molecule has 0 radical (unpaired) electrons.